The van der Waals surface area contributed by atoms with Gasteiger partial charge in [-0.2, -0.15) is 0 Å². The first kappa shape index (κ1) is 9.51. The molecule has 0 radical (unpaired) electrons. The number of aromatic amines is 1. The van der Waals surface area contributed by atoms with Crippen LogP contribution in [0.1, 0.15) is 5.56 Å². The van der Waals surface area contributed by atoms with Crippen molar-refractivity contribution in [3.8, 4) is 5.75 Å². The molecule has 1 aromatic carbocycles. The Balaban J connectivity index is 2.58. The number of aliphatic carboxylic acids is 1. The van der Waals surface area contributed by atoms with Gasteiger partial charge in [0.25, 0.3) is 0 Å². The highest BCUT2D eigenvalue weighted by Gasteiger charge is 2.12. The van der Waals surface area contributed by atoms with Gasteiger partial charge in [-0.25, -0.2) is 4.98 Å². The normalized spacial score (nSPS) is 10.5. The Kier molecular flexibility index (Phi) is 2.29. The molecule has 0 saturated carbocycles. The summed E-state index contributed by atoms with van der Waals surface area (Å²) in [7, 11) is 1.51. The molecule has 1 heterocycles. The smallest absolute Gasteiger partial charge is 0.307 e. The Bertz CT molecular complexity index is 504. The number of ether oxygens (including phenoxy) is 1. The summed E-state index contributed by atoms with van der Waals surface area (Å²) >= 11 is 0. The van der Waals surface area contributed by atoms with Gasteiger partial charge in [0.1, 0.15) is 11.3 Å². The number of imidazole rings is 1. The van der Waals surface area contributed by atoms with E-state index in [9.17, 15) is 4.79 Å². The number of hydrogen-bond acceptors (Lipinski definition) is 3. The van der Waals surface area contributed by atoms with E-state index >= 15 is 0 Å². The molecule has 5 heteroatoms. The van der Waals surface area contributed by atoms with E-state index in [0.717, 1.165) is 5.52 Å². The summed E-state index contributed by atoms with van der Waals surface area (Å²) in [6.07, 6.45) is 1.49. The molecule has 1 aromatic heterocycles. The van der Waals surface area contributed by atoms with Crippen LogP contribution in [0.2, 0.25) is 0 Å². The quantitative estimate of drug-likeness (QED) is 0.791. The van der Waals surface area contributed by atoms with Crippen LogP contribution in [0.15, 0.2) is 18.5 Å². The number of carboxylic acid groups (broad SMARTS) is 1. The van der Waals surface area contributed by atoms with E-state index in [1.54, 1.807) is 18.5 Å². The molecule has 0 saturated heterocycles. The second-order valence-electron chi connectivity index (χ2n) is 3.13. The molecule has 5 nitrogen and oxygen atoms in total. The van der Waals surface area contributed by atoms with Gasteiger partial charge >= 0.3 is 5.97 Å². The maximum absolute atomic E-state index is 10.6. The van der Waals surface area contributed by atoms with E-state index in [1.807, 2.05) is 0 Å². The number of fused-ring (bicyclic) bond motifs is 1. The molecule has 0 aliphatic rings. The van der Waals surface area contributed by atoms with Crippen LogP contribution in [0.4, 0.5) is 0 Å². The van der Waals surface area contributed by atoms with Gasteiger partial charge in [-0.15, -0.1) is 0 Å². The molecule has 0 unspecified atom stereocenters. The first-order chi connectivity index (χ1) is 7.22. The number of aromatic nitrogens is 2. The van der Waals surface area contributed by atoms with Crippen LogP contribution in [0.5, 0.6) is 5.75 Å². The number of nitrogens with zero attached hydrogens (tertiary/aromatic N) is 1. The maximum atomic E-state index is 10.6. The van der Waals surface area contributed by atoms with Crippen LogP contribution in [0.25, 0.3) is 11.0 Å². The third-order valence-electron chi connectivity index (χ3n) is 2.17. The summed E-state index contributed by atoms with van der Waals surface area (Å²) in [5.41, 5.74) is 2.13. The Morgan fingerprint density at radius 3 is 3.07 bits per heavy atom. The van der Waals surface area contributed by atoms with Crippen LogP contribution in [0.3, 0.4) is 0 Å². The van der Waals surface area contributed by atoms with E-state index in [4.69, 9.17) is 9.84 Å². The topological polar surface area (TPSA) is 75.2 Å². The molecule has 0 fully saturated rings. The summed E-state index contributed by atoms with van der Waals surface area (Å²) in [5.74, 6) is -0.362. The lowest BCUT2D eigenvalue weighted by atomic mass is 10.1. The van der Waals surface area contributed by atoms with Crippen LogP contribution in [-0.4, -0.2) is 28.2 Å². The van der Waals surface area contributed by atoms with Crippen molar-refractivity contribution in [3.05, 3.63) is 24.0 Å². The molecular formula is C10H10N2O3. The molecular weight excluding hydrogens is 196 g/mol. The van der Waals surface area contributed by atoms with Crippen molar-refractivity contribution in [1.29, 1.82) is 0 Å². The van der Waals surface area contributed by atoms with Crippen LogP contribution in [-0.2, 0) is 11.2 Å². The first-order valence-electron chi connectivity index (χ1n) is 4.43. The predicted octanol–water partition coefficient (Wildman–Crippen LogP) is 1.20. The summed E-state index contributed by atoms with van der Waals surface area (Å²) in [4.78, 5) is 17.6. The molecule has 2 N–H and O–H groups in total. The average molecular weight is 206 g/mol. The van der Waals surface area contributed by atoms with Crippen molar-refractivity contribution in [2.45, 2.75) is 6.42 Å². The van der Waals surface area contributed by atoms with Crippen molar-refractivity contribution in [1.82, 2.24) is 9.97 Å². The fourth-order valence-electron chi connectivity index (χ4n) is 1.55. The molecule has 0 aliphatic carbocycles. The summed E-state index contributed by atoms with van der Waals surface area (Å²) < 4.78 is 5.17. The van der Waals surface area contributed by atoms with Gasteiger partial charge in [-0.3, -0.25) is 4.79 Å². The number of carbonyl (C=O) groups is 1. The number of hydrogen-bond donors (Lipinski definition) is 2. The summed E-state index contributed by atoms with van der Waals surface area (Å²) in [6, 6.07) is 3.52. The van der Waals surface area contributed by atoms with E-state index in [0.29, 0.717) is 16.8 Å². The third-order valence-corrected chi connectivity index (χ3v) is 2.17. The number of H-pyrrole nitrogens is 1. The van der Waals surface area contributed by atoms with Crippen molar-refractivity contribution in [2.75, 3.05) is 7.11 Å². The lowest BCUT2D eigenvalue weighted by Crippen LogP contribution is -2.02. The lowest BCUT2D eigenvalue weighted by Gasteiger charge is -2.06. The average Bonchev–Trinajstić information content (AvgIpc) is 2.64. The first-order valence-corrected chi connectivity index (χ1v) is 4.43. The van der Waals surface area contributed by atoms with Gasteiger partial charge < -0.3 is 14.8 Å². The van der Waals surface area contributed by atoms with Gasteiger partial charge in [0.05, 0.1) is 25.4 Å². The van der Waals surface area contributed by atoms with E-state index in [1.165, 1.54) is 7.11 Å². The molecule has 78 valence electrons. The minimum atomic E-state index is -0.886. The second kappa shape index (κ2) is 3.61. The van der Waals surface area contributed by atoms with Gasteiger partial charge in [-0.1, -0.05) is 6.07 Å². The standard InChI is InChI=1S/C10H10N2O3/c1-15-10-6(4-8(13)14)2-3-7-9(10)12-5-11-7/h2-3,5H,4H2,1H3,(H,11,12)(H,13,14). The van der Waals surface area contributed by atoms with Crippen LogP contribution in [0, 0.1) is 0 Å². The maximum Gasteiger partial charge on any atom is 0.307 e. The number of benzene rings is 1. The van der Waals surface area contributed by atoms with Crippen molar-refractivity contribution in [3.63, 3.8) is 0 Å². The van der Waals surface area contributed by atoms with E-state index in [2.05, 4.69) is 9.97 Å². The molecule has 15 heavy (non-hydrogen) atoms. The highest BCUT2D eigenvalue weighted by Crippen LogP contribution is 2.27. The van der Waals surface area contributed by atoms with Gasteiger partial charge in [0.2, 0.25) is 0 Å². The zero-order valence-electron chi connectivity index (χ0n) is 8.15. The molecule has 2 rings (SSSR count). The van der Waals surface area contributed by atoms with Crippen LogP contribution >= 0.6 is 0 Å². The number of nitrogens with one attached hydrogen (secondary N) is 1. The van der Waals surface area contributed by atoms with Gasteiger partial charge in [0.15, 0.2) is 0 Å². The minimum absolute atomic E-state index is 0.0635. The van der Waals surface area contributed by atoms with Crippen LogP contribution < -0.4 is 4.74 Å². The third kappa shape index (κ3) is 1.63. The highest BCUT2D eigenvalue weighted by atomic mass is 16.5. The van der Waals surface area contributed by atoms with Crippen molar-refractivity contribution in [2.24, 2.45) is 0 Å². The minimum Gasteiger partial charge on any atom is -0.494 e. The Morgan fingerprint density at radius 1 is 1.60 bits per heavy atom. The number of rotatable bonds is 3. The monoisotopic (exact) mass is 206 g/mol. The zero-order valence-corrected chi connectivity index (χ0v) is 8.15. The van der Waals surface area contributed by atoms with E-state index in [-0.39, 0.29) is 6.42 Å². The molecule has 2 aromatic rings. The number of carboxylic acids is 1. The number of methoxy groups -OCH3 is 1. The van der Waals surface area contributed by atoms with Gasteiger partial charge in [-0.05, 0) is 6.07 Å². The largest absolute Gasteiger partial charge is 0.494 e. The highest BCUT2D eigenvalue weighted by molar-refractivity contribution is 5.85. The second-order valence-corrected chi connectivity index (χ2v) is 3.13. The van der Waals surface area contributed by atoms with Gasteiger partial charge in [0, 0.05) is 5.56 Å². The zero-order chi connectivity index (χ0) is 10.8. The van der Waals surface area contributed by atoms with Crippen molar-refractivity contribution >= 4 is 17.0 Å². The Labute approximate surface area is 85.7 Å². The molecule has 0 spiro atoms. The molecule has 0 bridgehead atoms. The Hall–Kier alpha value is -2.04. The summed E-state index contributed by atoms with van der Waals surface area (Å²) in [6.45, 7) is 0. The lowest BCUT2D eigenvalue weighted by molar-refractivity contribution is -0.136. The molecule has 0 aliphatic heterocycles. The molecule has 0 amide bonds. The predicted molar refractivity (Wildman–Crippen MR) is 54.0 cm³/mol. The summed E-state index contributed by atoms with van der Waals surface area (Å²) in [5, 5.41) is 8.73. The SMILES string of the molecule is COc1c(CC(=O)O)ccc2[nH]cnc12. The van der Waals surface area contributed by atoms with Crippen molar-refractivity contribution < 1.29 is 14.6 Å². The Morgan fingerprint density at radius 2 is 2.40 bits per heavy atom. The fraction of sp³-hybridized carbons (Fsp3) is 0.200. The fourth-order valence-corrected chi connectivity index (χ4v) is 1.55. The molecule has 0 atom stereocenters. The van der Waals surface area contributed by atoms with E-state index < -0.39 is 5.97 Å².